The van der Waals surface area contributed by atoms with E-state index in [1.165, 1.54) is 7.11 Å². The molecule has 2 amide bonds. The number of amides is 2. The molecule has 1 aliphatic rings. The van der Waals surface area contributed by atoms with E-state index >= 15 is 0 Å². The summed E-state index contributed by atoms with van der Waals surface area (Å²) >= 11 is 0. The minimum Gasteiger partial charge on any atom is -0.466 e. The maximum atomic E-state index is 12.3. The van der Waals surface area contributed by atoms with Gasteiger partial charge in [0.1, 0.15) is 0 Å². The lowest BCUT2D eigenvalue weighted by Gasteiger charge is -2.12. The molecule has 134 valence electrons. The number of hydrogen-bond donors (Lipinski definition) is 2. The zero-order chi connectivity index (χ0) is 18.4. The fourth-order valence-corrected chi connectivity index (χ4v) is 2.50. The van der Waals surface area contributed by atoms with E-state index in [1.807, 2.05) is 48.5 Å². The van der Waals surface area contributed by atoms with Gasteiger partial charge in [-0.1, -0.05) is 36.4 Å². The van der Waals surface area contributed by atoms with Crippen LogP contribution in [0.4, 0.5) is 16.2 Å². The Hall–Kier alpha value is -3.12. The van der Waals surface area contributed by atoms with Crippen LogP contribution in [0.5, 0.6) is 0 Å². The minimum absolute atomic E-state index is 0.345. The standard InChI is InChI=1S/C20H21N3O3/c1-26-19(24)16(14-23-11-12-23)13-15-7-5-6-10-18(15)22-20(25)21-17-8-3-2-4-9-17/h2-10,13H,11-12,14H2,1H3,(H2,21,22,25)/b16-13+. The van der Waals surface area contributed by atoms with Crippen molar-refractivity contribution in [3.05, 3.63) is 65.7 Å². The molecule has 3 rings (SSSR count). The molecular formula is C20H21N3O3. The number of ether oxygens (including phenoxy) is 1. The Balaban J connectivity index is 1.77. The summed E-state index contributed by atoms with van der Waals surface area (Å²) in [6.07, 6.45) is 1.77. The molecule has 6 nitrogen and oxygen atoms in total. The van der Waals surface area contributed by atoms with Crippen LogP contribution in [0.25, 0.3) is 6.08 Å². The number of carbonyl (C=O) groups is 2. The molecule has 0 spiro atoms. The summed E-state index contributed by atoms with van der Waals surface area (Å²) in [7, 11) is 1.37. The summed E-state index contributed by atoms with van der Waals surface area (Å²) in [5.41, 5.74) is 2.63. The van der Waals surface area contributed by atoms with E-state index in [9.17, 15) is 9.59 Å². The molecule has 0 radical (unpaired) electrons. The second kappa shape index (κ2) is 8.31. The van der Waals surface area contributed by atoms with Crippen molar-refractivity contribution in [1.29, 1.82) is 0 Å². The molecule has 1 fully saturated rings. The van der Waals surface area contributed by atoms with E-state index in [-0.39, 0.29) is 12.0 Å². The van der Waals surface area contributed by atoms with E-state index in [2.05, 4.69) is 15.5 Å². The Morgan fingerprint density at radius 3 is 2.42 bits per heavy atom. The number of methoxy groups -OCH3 is 1. The quantitative estimate of drug-likeness (QED) is 0.476. The molecule has 1 aliphatic heterocycles. The third-order valence-corrected chi connectivity index (χ3v) is 3.95. The Morgan fingerprint density at radius 1 is 1.04 bits per heavy atom. The molecule has 2 aromatic rings. The fraction of sp³-hybridized carbons (Fsp3) is 0.200. The number of rotatable bonds is 6. The van der Waals surface area contributed by atoms with Crippen LogP contribution in [0, 0.1) is 0 Å². The number of hydrogen-bond acceptors (Lipinski definition) is 4. The highest BCUT2D eigenvalue weighted by molar-refractivity contribution is 6.02. The van der Waals surface area contributed by atoms with Crippen LogP contribution >= 0.6 is 0 Å². The summed E-state index contributed by atoms with van der Waals surface area (Å²) in [6, 6.07) is 16.2. The summed E-state index contributed by atoms with van der Waals surface area (Å²) in [5.74, 6) is -0.361. The molecule has 26 heavy (non-hydrogen) atoms. The van der Waals surface area contributed by atoms with Crippen molar-refractivity contribution in [2.24, 2.45) is 0 Å². The fourth-order valence-electron chi connectivity index (χ4n) is 2.50. The van der Waals surface area contributed by atoms with Crippen LogP contribution in [0.2, 0.25) is 0 Å². The predicted octanol–water partition coefficient (Wildman–Crippen LogP) is 3.20. The average molecular weight is 351 g/mol. The summed E-state index contributed by atoms with van der Waals surface area (Å²) < 4.78 is 4.88. The molecular weight excluding hydrogens is 330 g/mol. The predicted molar refractivity (Wildman–Crippen MR) is 102 cm³/mol. The first-order chi connectivity index (χ1) is 12.7. The number of urea groups is 1. The van der Waals surface area contributed by atoms with Crippen LogP contribution in [0.3, 0.4) is 0 Å². The molecule has 2 N–H and O–H groups in total. The molecule has 0 bridgehead atoms. The van der Waals surface area contributed by atoms with Crippen LogP contribution < -0.4 is 10.6 Å². The Kier molecular flexibility index (Phi) is 5.66. The molecule has 0 atom stereocenters. The Labute approximate surface area is 152 Å². The third-order valence-electron chi connectivity index (χ3n) is 3.95. The SMILES string of the molecule is COC(=O)/C(=C/c1ccccc1NC(=O)Nc1ccccc1)CN1CC1. The highest BCUT2D eigenvalue weighted by atomic mass is 16.5. The number of anilines is 2. The zero-order valence-electron chi connectivity index (χ0n) is 14.6. The van der Waals surface area contributed by atoms with Crippen molar-refractivity contribution in [2.75, 3.05) is 37.4 Å². The highest BCUT2D eigenvalue weighted by Gasteiger charge is 2.22. The first-order valence-electron chi connectivity index (χ1n) is 8.39. The Bertz CT molecular complexity index is 814. The van der Waals surface area contributed by atoms with Gasteiger partial charge in [-0.05, 0) is 29.8 Å². The van der Waals surface area contributed by atoms with Gasteiger partial charge in [0, 0.05) is 31.0 Å². The first-order valence-corrected chi connectivity index (χ1v) is 8.39. The van der Waals surface area contributed by atoms with Crippen molar-refractivity contribution < 1.29 is 14.3 Å². The molecule has 0 saturated carbocycles. The van der Waals surface area contributed by atoms with Gasteiger partial charge in [0.25, 0.3) is 0 Å². The molecule has 1 heterocycles. The number of nitrogens with one attached hydrogen (secondary N) is 2. The normalized spacial score (nSPS) is 13.8. The Morgan fingerprint density at radius 2 is 1.73 bits per heavy atom. The minimum atomic E-state index is -0.361. The summed E-state index contributed by atoms with van der Waals surface area (Å²) in [5, 5.41) is 5.61. The number of benzene rings is 2. The van der Waals surface area contributed by atoms with Crippen LogP contribution in [-0.2, 0) is 9.53 Å². The second-order valence-electron chi connectivity index (χ2n) is 5.97. The van der Waals surface area contributed by atoms with Gasteiger partial charge in [-0.15, -0.1) is 0 Å². The van der Waals surface area contributed by atoms with E-state index in [4.69, 9.17) is 4.74 Å². The van der Waals surface area contributed by atoms with E-state index < -0.39 is 0 Å². The smallest absolute Gasteiger partial charge is 0.335 e. The molecule has 0 aliphatic carbocycles. The lowest BCUT2D eigenvalue weighted by Crippen LogP contribution is -2.20. The molecule has 0 unspecified atom stereocenters. The summed E-state index contributed by atoms with van der Waals surface area (Å²) in [4.78, 5) is 26.4. The average Bonchev–Trinajstić information content (AvgIpc) is 3.47. The van der Waals surface area contributed by atoms with Gasteiger partial charge >= 0.3 is 12.0 Å². The van der Waals surface area contributed by atoms with Gasteiger partial charge in [-0.2, -0.15) is 0 Å². The van der Waals surface area contributed by atoms with Gasteiger partial charge in [-0.3, -0.25) is 4.90 Å². The zero-order valence-corrected chi connectivity index (χ0v) is 14.6. The van der Waals surface area contributed by atoms with Gasteiger partial charge in [0.15, 0.2) is 0 Å². The lowest BCUT2D eigenvalue weighted by atomic mass is 10.1. The second-order valence-corrected chi connectivity index (χ2v) is 5.97. The highest BCUT2D eigenvalue weighted by Crippen LogP contribution is 2.21. The van der Waals surface area contributed by atoms with Gasteiger partial charge in [0.2, 0.25) is 0 Å². The monoisotopic (exact) mass is 351 g/mol. The maximum Gasteiger partial charge on any atom is 0.335 e. The van der Waals surface area contributed by atoms with E-state index in [0.717, 1.165) is 18.7 Å². The van der Waals surface area contributed by atoms with Crippen LogP contribution in [-0.4, -0.2) is 43.6 Å². The van der Waals surface area contributed by atoms with E-state index in [0.29, 0.717) is 23.5 Å². The molecule has 1 saturated heterocycles. The largest absolute Gasteiger partial charge is 0.466 e. The maximum absolute atomic E-state index is 12.3. The van der Waals surface area contributed by atoms with Gasteiger partial charge in [0.05, 0.1) is 12.7 Å². The van der Waals surface area contributed by atoms with Crippen LogP contribution in [0.1, 0.15) is 5.56 Å². The van der Waals surface area contributed by atoms with Crippen molar-refractivity contribution >= 4 is 29.5 Å². The third kappa shape index (κ3) is 4.94. The summed E-state index contributed by atoms with van der Waals surface area (Å²) in [6.45, 7) is 2.50. The molecule has 6 heteroatoms. The van der Waals surface area contributed by atoms with Crippen molar-refractivity contribution in [2.45, 2.75) is 0 Å². The number of nitrogens with zero attached hydrogens (tertiary/aromatic N) is 1. The first kappa shape index (κ1) is 17.7. The van der Waals surface area contributed by atoms with Crippen molar-refractivity contribution in [1.82, 2.24) is 4.90 Å². The van der Waals surface area contributed by atoms with E-state index in [1.54, 1.807) is 12.1 Å². The van der Waals surface area contributed by atoms with Gasteiger partial charge < -0.3 is 15.4 Å². The van der Waals surface area contributed by atoms with Crippen LogP contribution in [0.15, 0.2) is 60.2 Å². The topological polar surface area (TPSA) is 70.4 Å². The van der Waals surface area contributed by atoms with Crippen molar-refractivity contribution in [3.8, 4) is 0 Å². The number of carbonyl (C=O) groups excluding carboxylic acids is 2. The lowest BCUT2D eigenvalue weighted by molar-refractivity contribution is -0.136. The number of esters is 1. The molecule has 2 aromatic carbocycles. The molecule has 0 aromatic heterocycles. The van der Waals surface area contributed by atoms with Gasteiger partial charge in [-0.25, -0.2) is 9.59 Å². The number of para-hydroxylation sites is 2. The van der Waals surface area contributed by atoms with Crippen molar-refractivity contribution in [3.63, 3.8) is 0 Å².